The zero-order valence-corrected chi connectivity index (χ0v) is 11.8. The van der Waals surface area contributed by atoms with E-state index in [1.807, 2.05) is 30.6 Å². The second-order valence-corrected chi connectivity index (χ2v) is 5.60. The van der Waals surface area contributed by atoms with E-state index in [-0.39, 0.29) is 0 Å². The quantitative estimate of drug-likeness (QED) is 0.796. The van der Waals surface area contributed by atoms with Gasteiger partial charge in [0.1, 0.15) is 11.6 Å². The minimum atomic E-state index is 0.436. The van der Waals surface area contributed by atoms with E-state index in [1.54, 1.807) is 0 Å². The van der Waals surface area contributed by atoms with E-state index in [1.165, 1.54) is 12.8 Å². The number of nitrogens with one attached hydrogen (secondary N) is 1. The van der Waals surface area contributed by atoms with Crippen LogP contribution in [0.3, 0.4) is 0 Å². The molecule has 0 aromatic carbocycles. The fourth-order valence-corrected chi connectivity index (χ4v) is 3.14. The van der Waals surface area contributed by atoms with Gasteiger partial charge in [-0.1, -0.05) is 6.07 Å². The van der Waals surface area contributed by atoms with Crippen molar-refractivity contribution < 1.29 is 0 Å². The Hall–Kier alpha value is -2.21. The Morgan fingerprint density at radius 1 is 1.29 bits per heavy atom. The summed E-state index contributed by atoms with van der Waals surface area (Å²) in [5.74, 6) is 2.54. The summed E-state index contributed by atoms with van der Waals surface area (Å²) in [7, 11) is 0. The van der Waals surface area contributed by atoms with Gasteiger partial charge in [-0.15, -0.1) is 10.2 Å². The van der Waals surface area contributed by atoms with Gasteiger partial charge in [0.2, 0.25) is 0 Å². The Morgan fingerprint density at radius 2 is 2.29 bits per heavy atom. The molecule has 1 aliphatic rings. The summed E-state index contributed by atoms with van der Waals surface area (Å²) in [4.78, 5) is 9.94. The van der Waals surface area contributed by atoms with Gasteiger partial charge in [0.15, 0.2) is 5.65 Å². The number of aromatic amines is 1. The molecule has 0 spiro atoms. The first-order valence-corrected chi connectivity index (χ1v) is 7.40. The van der Waals surface area contributed by atoms with E-state index in [9.17, 15) is 0 Å². The number of imidazole rings is 1. The Bertz CT molecular complexity index is 717. The summed E-state index contributed by atoms with van der Waals surface area (Å²) in [5.41, 5.74) is 0.927. The molecule has 3 aromatic heterocycles. The van der Waals surface area contributed by atoms with Gasteiger partial charge in [-0.25, -0.2) is 4.98 Å². The number of fused-ring (bicyclic) bond motifs is 1. The van der Waals surface area contributed by atoms with E-state index < -0.39 is 0 Å². The lowest BCUT2D eigenvalue weighted by Crippen LogP contribution is -2.34. The van der Waals surface area contributed by atoms with E-state index in [0.29, 0.717) is 5.92 Å². The molecule has 0 radical (unpaired) electrons. The number of rotatable bonds is 3. The third kappa shape index (κ3) is 2.42. The van der Waals surface area contributed by atoms with Gasteiger partial charge in [-0.3, -0.25) is 9.30 Å². The second-order valence-electron chi connectivity index (χ2n) is 5.60. The predicted molar refractivity (Wildman–Crippen MR) is 78.8 cm³/mol. The van der Waals surface area contributed by atoms with Crippen LogP contribution in [0.5, 0.6) is 0 Å². The normalized spacial score (nSPS) is 20.1. The van der Waals surface area contributed by atoms with Crippen LogP contribution in [0.1, 0.15) is 30.4 Å². The van der Waals surface area contributed by atoms with Crippen molar-refractivity contribution in [3.05, 3.63) is 48.4 Å². The average molecular weight is 282 g/mol. The van der Waals surface area contributed by atoms with Crippen molar-refractivity contribution in [2.24, 2.45) is 0 Å². The first-order valence-electron chi connectivity index (χ1n) is 7.40. The molecular weight excluding hydrogens is 264 g/mol. The molecule has 4 rings (SSSR count). The van der Waals surface area contributed by atoms with Crippen LogP contribution in [0, 0.1) is 0 Å². The number of nitrogens with zero attached hydrogens (tertiary/aromatic N) is 5. The van der Waals surface area contributed by atoms with Crippen molar-refractivity contribution in [2.45, 2.75) is 25.3 Å². The van der Waals surface area contributed by atoms with Crippen LogP contribution in [0.2, 0.25) is 0 Å². The van der Waals surface area contributed by atoms with Gasteiger partial charge in [0, 0.05) is 31.1 Å². The van der Waals surface area contributed by atoms with Gasteiger partial charge in [-0.05, 0) is 31.5 Å². The Morgan fingerprint density at radius 3 is 3.19 bits per heavy atom. The number of H-pyrrole nitrogens is 1. The largest absolute Gasteiger partial charge is 0.348 e. The van der Waals surface area contributed by atoms with E-state index in [4.69, 9.17) is 0 Å². The summed E-state index contributed by atoms with van der Waals surface area (Å²) in [5, 5.41) is 8.68. The number of hydrogen-bond acceptors (Lipinski definition) is 4. The number of piperidine rings is 1. The third-order valence-corrected chi connectivity index (χ3v) is 4.14. The van der Waals surface area contributed by atoms with Crippen LogP contribution in [0.25, 0.3) is 5.65 Å². The third-order valence-electron chi connectivity index (χ3n) is 4.14. The second kappa shape index (κ2) is 5.29. The van der Waals surface area contributed by atoms with Crippen molar-refractivity contribution in [1.29, 1.82) is 0 Å². The van der Waals surface area contributed by atoms with Gasteiger partial charge < -0.3 is 4.98 Å². The van der Waals surface area contributed by atoms with Crippen LogP contribution in [0.15, 0.2) is 36.8 Å². The van der Waals surface area contributed by atoms with Crippen molar-refractivity contribution in [3.8, 4) is 0 Å². The molecule has 4 heterocycles. The maximum absolute atomic E-state index is 4.41. The van der Waals surface area contributed by atoms with Crippen LogP contribution in [0.4, 0.5) is 0 Å². The fourth-order valence-electron chi connectivity index (χ4n) is 3.14. The molecule has 1 N–H and O–H groups in total. The molecule has 1 unspecified atom stereocenters. The van der Waals surface area contributed by atoms with Crippen LogP contribution >= 0.6 is 0 Å². The molecule has 6 nitrogen and oxygen atoms in total. The molecule has 1 fully saturated rings. The molecular formula is C15H18N6. The van der Waals surface area contributed by atoms with Crippen molar-refractivity contribution in [2.75, 3.05) is 13.1 Å². The zero-order valence-electron chi connectivity index (χ0n) is 11.8. The average Bonchev–Trinajstić information content (AvgIpc) is 3.16. The Labute approximate surface area is 122 Å². The lowest BCUT2D eigenvalue weighted by Gasteiger charge is -2.31. The minimum absolute atomic E-state index is 0.436. The zero-order chi connectivity index (χ0) is 14.1. The summed E-state index contributed by atoms with van der Waals surface area (Å²) in [6.07, 6.45) is 8.10. The summed E-state index contributed by atoms with van der Waals surface area (Å²) in [6, 6.07) is 6.03. The maximum atomic E-state index is 4.41. The van der Waals surface area contributed by atoms with Gasteiger partial charge in [0.25, 0.3) is 0 Å². The van der Waals surface area contributed by atoms with Crippen molar-refractivity contribution >= 4 is 5.65 Å². The molecule has 6 heteroatoms. The first-order chi connectivity index (χ1) is 10.4. The lowest BCUT2D eigenvalue weighted by molar-refractivity contribution is 0.192. The molecule has 21 heavy (non-hydrogen) atoms. The van der Waals surface area contributed by atoms with Gasteiger partial charge >= 0.3 is 0 Å². The van der Waals surface area contributed by atoms with E-state index in [2.05, 4.69) is 35.7 Å². The van der Waals surface area contributed by atoms with Gasteiger partial charge in [0.05, 0.1) is 6.54 Å². The van der Waals surface area contributed by atoms with Crippen LogP contribution in [-0.4, -0.2) is 42.6 Å². The first kappa shape index (κ1) is 12.5. The number of pyridine rings is 1. The summed E-state index contributed by atoms with van der Waals surface area (Å²) < 4.78 is 2.11. The lowest BCUT2D eigenvalue weighted by atomic mass is 9.97. The minimum Gasteiger partial charge on any atom is -0.348 e. The molecule has 108 valence electrons. The highest BCUT2D eigenvalue weighted by Crippen LogP contribution is 2.26. The topological polar surface area (TPSA) is 62.1 Å². The van der Waals surface area contributed by atoms with Gasteiger partial charge in [-0.2, -0.15) is 0 Å². The van der Waals surface area contributed by atoms with Crippen LogP contribution < -0.4 is 0 Å². The van der Waals surface area contributed by atoms with Crippen molar-refractivity contribution in [3.63, 3.8) is 0 Å². The molecule has 3 aromatic rings. The number of hydrogen-bond donors (Lipinski definition) is 1. The predicted octanol–water partition coefficient (Wildman–Crippen LogP) is 1.83. The Balaban J connectivity index is 1.55. The molecule has 1 aliphatic heterocycles. The van der Waals surface area contributed by atoms with E-state index >= 15 is 0 Å². The fraction of sp³-hybridized carbons (Fsp3) is 0.400. The highest BCUT2D eigenvalue weighted by molar-refractivity contribution is 5.37. The SMILES string of the molecule is c1ccn2c(C3CCCN(Cc4ncc[nH]4)C3)nnc2c1. The number of likely N-dealkylation sites (tertiary alicyclic amines) is 1. The summed E-state index contributed by atoms with van der Waals surface area (Å²) in [6.45, 7) is 3.00. The maximum Gasteiger partial charge on any atom is 0.160 e. The smallest absolute Gasteiger partial charge is 0.160 e. The molecule has 0 bridgehead atoms. The van der Waals surface area contributed by atoms with E-state index in [0.717, 1.165) is 36.9 Å². The molecule has 0 amide bonds. The van der Waals surface area contributed by atoms with Crippen molar-refractivity contribution in [1.82, 2.24) is 29.5 Å². The molecule has 0 aliphatic carbocycles. The highest BCUT2D eigenvalue weighted by Gasteiger charge is 2.25. The highest BCUT2D eigenvalue weighted by atomic mass is 15.3. The molecule has 0 saturated carbocycles. The van der Waals surface area contributed by atoms with Crippen LogP contribution in [-0.2, 0) is 6.54 Å². The standard InChI is InChI=1S/C15H18N6/c1-2-9-21-14(5-1)18-19-15(21)12-4-3-8-20(10-12)11-13-16-6-7-17-13/h1-2,5-7,9,12H,3-4,8,10-11H2,(H,16,17). The monoisotopic (exact) mass is 282 g/mol. The number of aromatic nitrogens is 5. The molecule has 1 atom stereocenters. The Kier molecular flexibility index (Phi) is 3.16. The summed E-state index contributed by atoms with van der Waals surface area (Å²) >= 11 is 0. The molecule has 1 saturated heterocycles.